The molecule has 0 amide bonds. The van der Waals surface area contributed by atoms with E-state index in [1.807, 2.05) is 38.1 Å². The Labute approximate surface area is 112 Å². The van der Waals surface area contributed by atoms with Crippen LogP contribution in [0.3, 0.4) is 0 Å². The first kappa shape index (κ1) is 13.8. The standard InChI is InChI=1S/C14H19NO4/c1-8-9(2)19-13(15-12(8)14(16)17)10-4-6-11(18-3)7-5-10/h4-9,12-13,15H,1-3H3,(H,16,17)/t8-,9-,12-,13+/m0/s1. The lowest BCUT2D eigenvalue weighted by atomic mass is 9.94. The molecule has 104 valence electrons. The van der Waals surface area contributed by atoms with Crippen LogP contribution in [0.4, 0.5) is 0 Å². The summed E-state index contributed by atoms with van der Waals surface area (Å²) < 4.78 is 10.9. The molecule has 1 saturated heterocycles. The van der Waals surface area contributed by atoms with Crippen LogP contribution in [0.2, 0.25) is 0 Å². The van der Waals surface area contributed by atoms with Gasteiger partial charge < -0.3 is 14.6 Å². The number of rotatable bonds is 3. The lowest BCUT2D eigenvalue weighted by molar-refractivity contribution is -0.155. The summed E-state index contributed by atoms with van der Waals surface area (Å²) in [5.74, 6) is -0.163. The number of carboxylic acids is 1. The number of carboxylic acid groups (broad SMARTS) is 1. The first-order valence-corrected chi connectivity index (χ1v) is 6.31. The summed E-state index contributed by atoms with van der Waals surface area (Å²) in [6, 6.07) is 6.81. The Kier molecular flexibility index (Phi) is 4.07. The first-order valence-electron chi connectivity index (χ1n) is 6.31. The van der Waals surface area contributed by atoms with Crippen LogP contribution in [0.5, 0.6) is 5.75 Å². The molecule has 1 aliphatic rings. The van der Waals surface area contributed by atoms with E-state index in [0.29, 0.717) is 0 Å². The smallest absolute Gasteiger partial charge is 0.321 e. The largest absolute Gasteiger partial charge is 0.497 e. The van der Waals surface area contributed by atoms with Crippen LogP contribution in [0, 0.1) is 5.92 Å². The minimum absolute atomic E-state index is 0.0769. The molecule has 1 aromatic rings. The molecule has 1 heterocycles. The highest BCUT2D eigenvalue weighted by Gasteiger charge is 2.37. The highest BCUT2D eigenvalue weighted by molar-refractivity contribution is 5.74. The van der Waals surface area contributed by atoms with Gasteiger partial charge in [0.1, 0.15) is 18.0 Å². The van der Waals surface area contributed by atoms with Crippen LogP contribution in [0.25, 0.3) is 0 Å². The van der Waals surface area contributed by atoms with Crippen molar-refractivity contribution in [3.8, 4) is 5.75 Å². The molecule has 2 rings (SSSR count). The van der Waals surface area contributed by atoms with Crippen LogP contribution in [-0.2, 0) is 9.53 Å². The second-order valence-corrected chi connectivity index (χ2v) is 4.84. The number of aliphatic carboxylic acids is 1. The molecule has 0 aromatic heterocycles. The van der Waals surface area contributed by atoms with Gasteiger partial charge in [-0.1, -0.05) is 19.1 Å². The van der Waals surface area contributed by atoms with Crippen molar-refractivity contribution in [3.05, 3.63) is 29.8 Å². The van der Waals surface area contributed by atoms with Crippen LogP contribution < -0.4 is 10.1 Å². The average Bonchev–Trinajstić information content (AvgIpc) is 2.41. The van der Waals surface area contributed by atoms with E-state index in [9.17, 15) is 9.90 Å². The van der Waals surface area contributed by atoms with E-state index >= 15 is 0 Å². The number of hydrogen-bond acceptors (Lipinski definition) is 4. The third-order valence-corrected chi connectivity index (χ3v) is 3.63. The summed E-state index contributed by atoms with van der Waals surface area (Å²) in [6.45, 7) is 3.78. The Morgan fingerprint density at radius 3 is 2.47 bits per heavy atom. The zero-order valence-corrected chi connectivity index (χ0v) is 11.3. The molecule has 1 fully saturated rings. The van der Waals surface area contributed by atoms with E-state index in [0.717, 1.165) is 11.3 Å². The fraction of sp³-hybridized carbons (Fsp3) is 0.500. The molecule has 0 aliphatic carbocycles. The number of hydrogen-bond donors (Lipinski definition) is 2. The predicted molar refractivity (Wildman–Crippen MR) is 70.0 cm³/mol. The normalized spacial score (nSPS) is 30.9. The molecular weight excluding hydrogens is 246 g/mol. The third-order valence-electron chi connectivity index (χ3n) is 3.63. The van der Waals surface area contributed by atoms with E-state index in [-0.39, 0.29) is 12.0 Å². The van der Waals surface area contributed by atoms with Crippen LogP contribution in [0.15, 0.2) is 24.3 Å². The fourth-order valence-electron chi connectivity index (χ4n) is 2.21. The van der Waals surface area contributed by atoms with Crippen molar-refractivity contribution >= 4 is 5.97 Å². The average molecular weight is 265 g/mol. The summed E-state index contributed by atoms with van der Waals surface area (Å²) in [6.07, 6.45) is -0.521. The molecule has 0 saturated carbocycles. The van der Waals surface area contributed by atoms with Gasteiger partial charge in [-0.25, -0.2) is 0 Å². The van der Waals surface area contributed by atoms with Gasteiger partial charge in [-0.2, -0.15) is 0 Å². The maximum atomic E-state index is 11.2. The number of methoxy groups -OCH3 is 1. The van der Waals surface area contributed by atoms with Gasteiger partial charge in [0.2, 0.25) is 0 Å². The Bertz CT molecular complexity index is 445. The van der Waals surface area contributed by atoms with E-state index in [2.05, 4.69) is 5.32 Å². The van der Waals surface area contributed by atoms with Gasteiger partial charge in [0.05, 0.1) is 13.2 Å². The predicted octanol–water partition coefficient (Wildman–Crippen LogP) is 1.79. The molecule has 2 N–H and O–H groups in total. The maximum Gasteiger partial charge on any atom is 0.321 e. The quantitative estimate of drug-likeness (QED) is 0.872. The molecule has 4 atom stereocenters. The van der Waals surface area contributed by atoms with Gasteiger partial charge in [0.15, 0.2) is 0 Å². The van der Waals surface area contributed by atoms with E-state index in [1.165, 1.54) is 0 Å². The molecule has 0 spiro atoms. The van der Waals surface area contributed by atoms with Crippen molar-refractivity contribution in [2.45, 2.75) is 32.2 Å². The maximum absolute atomic E-state index is 11.2. The summed E-state index contributed by atoms with van der Waals surface area (Å²) in [5.41, 5.74) is 0.894. The van der Waals surface area contributed by atoms with Crippen molar-refractivity contribution in [3.63, 3.8) is 0 Å². The number of nitrogens with one attached hydrogen (secondary N) is 1. The van der Waals surface area contributed by atoms with E-state index < -0.39 is 18.2 Å². The molecular formula is C14H19NO4. The summed E-state index contributed by atoms with van der Waals surface area (Å²) in [4.78, 5) is 11.2. The van der Waals surface area contributed by atoms with E-state index in [4.69, 9.17) is 9.47 Å². The third kappa shape index (κ3) is 2.88. The van der Waals surface area contributed by atoms with Gasteiger partial charge in [-0.15, -0.1) is 0 Å². The van der Waals surface area contributed by atoms with Crippen molar-refractivity contribution in [2.24, 2.45) is 5.92 Å². The molecule has 5 nitrogen and oxygen atoms in total. The van der Waals surface area contributed by atoms with Gasteiger partial charge in [-0.3, -0.25) is 10.1 Å². The van der Waals surface area contributed by atoms with Crippen molar-refractivity contribution in [1.29, 1.82) is 0 Å². The molecule has 0 bridgehead atoms. The highest BCUT2D eigenvalue weighted by atomic mass is 16.5. The molecule has 0 unspecified atom stereocenters. The van der Waals surface area contributed by atoms with Crippen molar-refractivity contribution in [1.82, 2.24) is 5.32 Å². The van der Waals surface area contributed by atoms with Crippen LogP contribution >= 0.6 is 0 Å². The summed E-state index contributed by atoms with van der Waals surface area (Å²) in [5, 5.41) is 12.3. The highest BCUT2D eigenvalue weighted by Crippen LogP contribution is 2.28. The molecule has 1 aliphatic heterocycles. The van der Waals surface area contributed by atoms with Gasteiger partial charge in [-0.05, 0) is 24.6 Å². The van der Waals surface area contributed by atoms with E-state index in [1.54, 1.807) is 7.11 Å². The van der Waals surface area contributed by atoms with Gasteiger partial charge in [0, 0.05) is 5.92 Å². The zero-order chi connectivity index (χ0) is 14.0. The minimum atomic E-state index is -0.846. The van der Waals surface area contributed by atoms with Gasteiger partial charge in [0.25, 0.3) is 0 Å². The lowest BCUT2D eigenvalue weighted by Gasteiger charge is -2.38. The SMILES string of the molecule is COc1ccc([C@@H]2N[C@H](C(=O)O)[C@@H](C)[C@H](C)O2)cc1. The topological polar surface area (TPSA) is 67.8 Å². The van der Waals surface area contributed by atoms with Gasteiger partial charge >= 0.3 is 5.97 Å². The molecule has 0 radical (unpaired) electrons. The first-order chi connectivity index (χ1) is 9.02. The summed E-state index contributed by atoms with van der Waals surface area (Å²) >= 11 is 0. The Morgan fingerprint density at radius 2 is 1.95 bits per heavy atom. The zero-order valence-electron chi connectivity index (χ0n) is 11.3. The minimum Gasteiger partial charge on any atom is -0.497 e. The Morgan fingerprint density at radius 1 is 1.32 bits per heavy atom. The van der Waals surface area contributed by atoms with Crippen molar-refractivity contribution < 1.29 is 19.4 Å². The molecule has 1 aromatic carbocycles. The number of benzene rings is 1. The van der Waals surface area contributed by atoms with Crippen molar-refractivity contribution in [2.75, 3.05) is 7.11 Å². The van der Waals surface area contributed by atoms with Crippen LogP contribution in [-0.4, -0.2) is 30.3 Å². The fourth-order valence-corrected chi connectivity index (χ4v) is 2.21. The lowest BCUT2D eigenvalue weighted by Crippen LogP contribution is -2.53. The number of ether oxygens (including phenoxy) is 2. The second kappa shape index (κ2) is 5.59. The Balaban J connectivity index is 2.17. The molecule has 5 heteroatoms. The second-order valence-electron chi connectivity index (χ2n) is 4.84. The monoisotopic (exact) mass is 265 g/mol. The number of carbonyl (C=O) groups is 1. The summed E-state index contributed by atoms with van der Waals surface area (Å²) in [7, 11) is 1.61. The Hall–Kier alpha value is -1.59. The molecule has 19 heavy (non-hydrogen) atoms. The van der Waals surface area contributed by atoms with Crippen LogP contribution in [0.1, 0.15) is 25.6 Å².